The van der Waals surface area contributed by atoms with Crippen LogP contribution < -0.4 is 16.4 Å². The van der Waals surface area contributed by atoms with Crippen LogP contribution >= 0.6 is 0 Å². The minimum atomic E-state index is -0.686. The molecule has 1 amide bonds. The third kappa shape index (κ3) is 3.17. The molecule has 0 aliphatic rings. The van der Waals surface area contributed by atoms with Crippen LogP contribution in [0.3, 0.4) is 0 Å². The zero-order valence-electron chi connectivity index (χ0n) is 10.1. The molecule has 0 aliphatic carbocycles. The molecule has 7 nitrogen and oxygen atoms in total. The van der Waals surface area contributed by atoms with Crippen molar-refractivity contribution in [2.45, 2.75) is 6.42 Å². The minimum Gasteiger partial charge on any atom is -0.369 e. The number of nitro benzene ring substituents is 1. The molecule has 0 saturated carbocycles. The summed E-state index contributed by atoms with van der Waals surface area (Å²) in [5, 5.41) is 11.0. The molecule has 0 radical (unpaired) electrons. The quantitative estimate of drug-likeness (QED) is 0.564. The van der Waals surface area contributed by atoms with Crippen LogP contribution in [0.2, 0.25) is 0 Å². The highest BCUT2D eigenvalue weighted by Crippen LogP contribution is 2.28. The summed E-state index contributed by atoms with van der Waals surface area (Å²) in [6.07, 6.45) is 0.727. The first-order valence-electron chi connectivity index (χ1n) is 5.46. The van der Waals surface area contributed by atoms with E-state index in [-0.39, 0.29) is 11.3 Å². The van der Waals surface area contributed by atoms with Crippen molar-refractivity contribution >= 4 is 17.3 Å². The standard InChI is InChI=1S/C11H16N4O3/c1-14(6-2-5-12)9-4-3-8(11(13)16)7-10(9)15(17)18/h3-4,7H,2,5-6,12H2,1H3,(H2,13,16). The molecule has 0 fully saturated rings. The first kappa shape index (κ1) is 13.9. The van der Waals surface area contributed by atoms with Crippen LogP contribution in [0.4, 0.5) is 11.4 Å². The fourth-order valence-corrected chi connectivity index (χ4v) is 1.59. The maximum atomic E-state index is 11.0. The summed E-state index contributed by atoms with van der Waals surface area (Å²) in [6.45, 7) is 1.12. The molecule has 0 aromatic heterocycles. The maximum absolute atomic E-state index is 11.0. The Balaban J connectivity index is 3.11. The third-order valence-corrected chi connectivity index (χ3v) is 2.57. The summed E-state index contributed by atoms with van der Waals surface area (Å²) in [5.41, 5.74) is 10.9. The number of carbonyl (C=O) groups excluding carboxylic acids is 1. The van der Waals surface area contributed by atoms with E-state index in [0.717, 1.165) is 6.42 Å². The lowest BCUT2D eigenvalue weighted by atomic mass is 10.1. The molecular weight excluding hydrogens is 236 g/mol. The number of nitro groups is 1. The van der Waals surface area contributed by atoms with Gasteiger partial charge in [0.2, 0.25) is 5.91 Å². The van der Waals surface area contributed by atoms with Crippen molar-refractivity contribution < 1.29 is 9.72 Å². The van der Waals surface area contributed by atoms with Gasteiger partial charge in [-0.3, -0.25) is 14.9 Å². The molecule has 0 spiro atoms. The average Bonchev–Trinajstić information content (AvgIpc) is 2.34. The number of primary amides is 1. The molecule has 0 bridgehead atoms. The SMILES string of the molecule is CN(CCCN)c1ccc(C(N)=O)cc1[N+](=O)[O-]. The summed E-state index contributed by atoms with van der Waals surface area (Å²) in [6, 6.07) is 4.19. The second kappa shape index (κ2) is 5.97. The number of amides is 1. The molecule has 7 heteroatoms. The fraction of sp³-hybridized carbons (Fsp3) is 0.364. The topological polar surface area (TPSA) is 115 Å². The van der Waals surface area contributed by atoms with Gasteiger partial charge < -0.3 is 16.4 Å². The lowest BCUT2D eigenvalue weighted by molar-refractivity contribution is -0.384. The van der Waals surface area contributed by atoms with Crippen molar-refractivity contribution in [1.82, 2.24) is 0 Å². The lowest BCUT2D eigenvalue weighted by Crippen LogP contribution is -2.22. The second-order valence-corrected chi connectivity index (χ2v) is 3.89. The van der Waals surface area contributed by atoms with Gasteiger partial charge in [-0.1, -0.05) is 0 Å². The highest BCUT2D eigenvalue weighted by molar-refractivity contribution is 5.94. The average molecular weight is 252 g/mol. The fourth-order valence-electron chi connectivity index (χ4n) is 1.59. The van der Waals surface area contributed by atoms with Gasteiger partial charge in [0.1, 0.15) is 5.69 Å². The maximum Gasteiger partial charge on any atom is 0.293 e. The van der Waals surface area contributed by atoms with Crippen LogP contribution in [-0.4, -0.2) is 31.0 Å². The van der Waals surface area contributed by atoms with Gasteiger partial charge in [-0.25, -0.2) is 0 Å². The van der Waals surface area contributed by atoms with E-state index >= 15 is 0 Å². The van der Waals surface area contributed by atoms with Gasteiger partial charge >= 0.3 is 0 Å². The number of anilines is 1. The molecule has 1 rings (SSSR count). The largest absolute Gasteiger partial charge is 0.369 e. The van der Waals surface area contributed by atoms with Crippen molar-refractivity contribution in [2.75, 3.05) is 25.0 Å². The van der Waals surface area contributed by atoms with E-state index in [0.29, 0.717) is 18.8 Å². The molecular formula is C11H16N4O3. The second-order valence-electron chi connectivity index (χ2n) is 3.89. The molecule has 0 saturated heterocycles. The van der Waals surface area contributed by atoms with Crippen LogP contribution in [0, 0.1) is 10.1 Å². The van der Waals surface area contributed by atoms with Crippen LogP contribution in [0.25, 0.3) is 0 Å². The summed E-state index contributed by atoms with van der Waals surface area (Å²) < 4.78 is 0. The molecule has 0 aliphatic heterocycles. The van der Waals surface area contributed by atoms with Crippen molar-refractivity contribution in [3.05, 3.63) is 33.9 Å². The summed E-state index contributed by atoms with van der Waals surface area (Å²) >= 11 is 0. The normalized spacial score (nSPS) is 10.1. The Labute approximate surface area is 105 Å². The number of hydrogen-bond acceptors (Lipinski definition) is 5. The van der Waals surface area contributed by atoms with Gasteiger partial charge in [0, 0.05) is 25.2 Å². The van der Waals surface area contributed by atoms with E-state index < -0.39 is 10.8 Å². The van der Waals surface area contributed by atoms with Crippen LogP contribution in [-0.2, 0) is 0 Å². The number of nitrogens with two attached hydrogens (primary N) is 2. The Morgan fingerprint density at radius 1 is 1.50 bits per heavy atom. The summed E-state index contributed by atoms with van der Waals surface area (Å²) in [4.78, 5) is 23.2. The van der Waals surface area contributed by atoms with E-state index in [1.54, 1.807) is 11.9 Å². The number of nitrogens with zero attached hydrogens (tertiary/aromatic N) is 2. The van der Waals surface area contributed by atoms with Crippen molar-refractivity contribution in [3.8, 4) is 0 Å². The Bertz CT molecular complexity index is 462. The Hall–Kier alpha value is -2.15. The number of benzene rings is 1. The predicted molar refractivity (Wildman–Crippen MR) is 68.6 cm³/mol. The molecule has 1 aromatic rings. The van der Waals surface area contributed by atoms with Gasteiger partial charge in [-0.2, -0.15) is 0 Å². The van der Waals surface area contributed by atoms with Crippen LogP contribution in [0.1, 0.15) is 16.8 Å². The van der Waals surface area contributed by atoms with Crippen molar-refractivity contribution in [3.63, 3.8) is 0 Å². The van der Waals surface area contributed by atoms with Crippen molar-refractivity contribution in [1.29, 1.82) is 0 Å². The summed E-state index contributed by atoms with van der Waals surface area (Å²) in [5.74, 6) is -0.686. The molecule has 98 valence electrons. The van der Waals surface area contributed by atoms with Gasteiger partial charge in [-0.15, -0.1) is 0 Å². The summed E-state index contributed by atoms with van der Waals surface area (Å²) in [7, 11) is 1.74. The number of carbonyl (C=O) groups is 1. The van der Waals surface area contributed by atoms with E-state index in [4.69, 9.17) is 11.5 Å². The highest BCUT2D eigenvalue weighted by atomic mass is 16.6. The van der Waals surface area contributed by atoms with Crippen LogP contribution in [0.5, 0.6) is 0 Å². The lowest BCUT2D eigenvalue weighted by Gasteiger charge is -2.18. The highest BCUT2D eigenvalue weighted by Gasteiger charge is 2.18. The number of rotatable bonds is 6. The monoisotopic (exact) mass is 252 g/mol. The van der Waals surface area contributed by atoms with E-state index in [1.165, 1.54) is 18.2 Å². The first-order chi connectivity index (χ1) is 8.47. The molecule has 0 unspecified atom stereocenters. The molecule has 0 heterocycles. The van der Waals surface area contributed by atoms with E-state index in [9.17, 15) is 14.9 Å². The van der Waals surface area contributed by atoms with Crippen LogP contribution in [0.15, 0.2) is 18.2 Å². The molecule has 4 N–H and O–H groups in total. The predicted octanol–water partition coefficient (Wildman–Crippen LogP) is 0.479. The van der Waals surface area contributed by atoms with E-state index in [2.05, 4.69) is 0 Å². The van der Waals surface area contributed by atoms with Gasteiger partial charge in [0.15, 0.2) is 0 Å². The minimum absolute atomic E-state index is 0.123. The zero-order chi connectivity index (χ0) is 13.7. The zero-order valence-corrected chi connectivity index (χ0v) is 10.1. The third-order valence-electron chi connectivity index (χ3n) is 2.57. The number of hydrogen-bond donors (Lipinski definition) is 2. The molecule has 18 heavy (non-hydrogen) atoms. The van der Waals surface area contributed by atoms with E-state index in [1.807, 2.05) is 0 Å². The smallest absolute Gasteiger partial charge is 0.293 e. The Morgan fingerprint density at radius 2 is 2.17 bits per heavy atom. The van der Waals surface area contributed by atoms with Crippen molar-refractivity contribution in [2.24, 2.45) is 11.5 Å². The van der Waals surface area contributed by atoms with Gasteiger partial charge in [-0.05, 0) is 25.1 Å². The Kier molecular flexibility index (Phi) is 4.61. The molecule has 0 atom stereocenters. The first-order valence-corrected chi connectivity index (χ1v) is 5.46. The Morgan fingerprint density at radius 3 is 2.67 bits per heavy atom. The van der Waals surface area contributed by atoms with Gasteiger partial charge in [0.25, 0.3) is 5.69 Å². The van der Waals surface area contributed by atoms with Gasteiger partial charge in [0.05, 0.1) is 4.92 Å². The molecule has 1 aromatic carbocycles.